The zero-order valence-corrected chi connectivity index (χ0v) is 18.2. The maximum absolute atomic E-state index is 13.0. The van der Waals surface area contributed by atoms with Gasteiger partial charge in [0.25, 0.3) is 0 Å². The van der Waals surface area contributed by atoms with Crippen molar-refractivity contribution in [1.82, 2.24) is 10.2 Å². The molecule has 0 saturated carbocycles. The van der Waals surface area contributed by atoms with Crippen molar-refractivity contribution in [2.75, 3.05) is 40.5 Å². The number of nitrogens with one attached hydrogen (secondary N) is 1. The second kappa shape index (κ2) is 9.96. The fraction of sp³-hybridized carbons (Fsp3) is 0.636. The quantitative estimate of drug-likeness (QED) is 0.753. The lowest BCUT2D eigenvalue weighted by molar-refractivity contribution is -0.137. The Bertz CT molecular complexity index is 691. The number of carbonyl (C=O) groups is 2. The largest absolute Gasteiger partial charge is 0.497 e. The van der Waals surface area contributed by atoms with E-state index in [4.69, 9.17) is 14.2 Å². The highest BCUT2D eigenvalue weighted by Gasteiger charge is 2.42. The summed E-state index contributed by atoms with van der Waals surface area (Å²) in [5.74, 6) is 0.783. The molecule has 1 aromatic rings. The molecule has 1 aromatic carbocycles. The number of nitrogens with zero attached hydrogens (tertiary/aromatic N) is 1. The third kappa shape index (κ3) is 6.63. The highest BCUT2D eigenvalue weighted by atomic mass is 16.6. The Hall–Kier alpha value is -2.28. The second-order valence-corrected chi connectivity index (χ2v) is 8.54. The van der Waals surface area contributed by atoms with Gasteiger partial charge in [0.1, 0.15) is 11.4 Å². The molecule has 2 rings (SSSR count). The van der Waals surface area contributed by atoms with Crippen LogP contribution in [0.3, 0.4) is 0 Å². The molecule has 2 amide bonds. The molecule has 0 aliphatic carbocycles. The van der Waals surface area contributed by atoms with Crippen molar-refractivity contribution in [3.05, 3.63) is 29.8 Å². The summed E-state index contributed by atoms with van der Waals surface area (Å²) in [4.78, 5) is 26.9. The Balaban J connectivity index is 1.91. The third-order valence-corrected chi connectivity index (χ3v) is 5.11. The minimum absolute atomic E-state index is 0.0221. The van der Waals surface area contributed by atoms with Crippen LogP contribution in [-0.4, -0.2) is 63.0 Å². The number of hydrogen-bond acceptors (Lipinski definition) is 5. The zero-order chi connectivity index (χ0) is 21.5. The highest BCUT2D eigenvalue weighted by Crippen LogP contribution is 2.33. The summed E-state index contributed by atoms with van der Waals surface area (Å²) in [5, 5.41) is 3.05. The molecule has 29 heavy (non-hydrogen) atoms. The van der Waals surface area contributed by atoms with E-state index in [0.717, 1.165) is 17.7 Å². The molecule has 1 aliphatic heterocycles. The van der Waals surface area contributed by atoms with Crippen molar-refractivity contribution >= 4 is 12.0 Å². The molecule has 0 radical (unpaired) electrons. The van der Waals surface area contributed by atoms with Gasteiger partial charge in [0.2, 0.25) is 5.91 Å². The smallest absolute Gasteiger partial charge is 0.410 e. The number of hydrogen-bond donors (Lipinski definition) is 1. The Labute approximate surface area is 173 Å². The Morgan fingerprint density at radius 2 is 1.86 bits per heavy atom. The minimum atomic E-state index is -0.623. The maximum atomic E-state index is 13.0. The van der Waals surface area contributed by atoms with Crippen LogP contribution < -0.4 is 10.1 Å². The molecule has 1 fully saturated rings. The van der Waals surface area contributed by atoms with Crippen LogP contribution in [0, 0.1) is 5.41 Å². The fourth-order valence-electron chi connectivity index (χ4n) is 3.49. The lowest BCUT2D eigenvalue weighted by Gasteiger charge is -2.40. The summed E-state index contributed by atoms with van der Waals surface area (Å²) in [6.07, 6.45) is 1.48. The van der Waals surface area contributed by atoms with E-state index in [9.17, 15) is 9.59 Å². The fourth-order valence-corrected chi connectivity index (χ4v) is 3.49. The van der Waals surface area contributed by atoms with Crippen LogP contribution in [0.2, 0.25) is 0 Å². The molecule has 0 atom stereocenters. The molecular formula is C22H34N2O5. The van der Waals surface area contributed by atoms with E-state index < -0.39 is 11.0 Å². The van der Waals surface area contributed by atoms with E-state index in [1.165, 1.54) is 0 Å². The SMILES string of the molecule is COCC1(C(=O)NCCc2cccc(OC)c2)CCN(C(=O)OC(C)(C)C)CC1. The predicted molar refractivity (Wildman–Crippen MR) is 111 cm³/mol. The molecule has 1 aliphatic rings. The molecule has 7 heteroatoms. The van der Waals surface area contributed by atoms with Crippen LogP contribution in [0.1, 0.15) is 39.2 Å². The molecule has 7 nitrogen and oxygen atoms in total. The van der Waals surface area contributed by atoms with Crippen molar-refractivity contribution < 1.29 is 23.8 Å². The van der Waals surface area contributed by atoms with E-state index in [1.54, 1.807) is 19.1 Å². The Morgan fingerprint density at radius 3 is 2.45 bits per heavy atom. The van der Waals surface area contributed by atoms with Crippen LogP contribution in [0.5, 0.6) is 5.75 Å². The van der Waals surface area contributed by atoms with E-state index >= 15 is 0 Å². The van der Waals surface area contributed by atoms with Crippen molar-refractivity contribution in [2.45, 2.75) is 45.6 Å². The Kier molecular flexibility index (Phi) is 7.90. The average molecular weight is 407 g/mol. The van der Waals surface area contributed by atoms with Gasteiger partial charge in [-0.1, -0.05) is 12.1 Å². The van der Waals surface area contributed by atoms with Crippen molar-refractivity contribution in [3.63, 3.8) is 0 Å². The first kappa shape index (κ1) is 23.0. The first-order valence-electron chi connectivity index (χ1n) is 10.1. The molecule has 0 bridgehead atoms. The molecule has 1 heterocycles. The summed E-state index contributed by atoms with van der Waals surface area (Å²) >= 11 is 0. The summed E-state index contributed by atoms with van der Waals surface area (Å²) in [5.41, 5.74) is -0.0534. The van der Waals surface area contributed by atoms with Crippen LogP contribution in [0.15, 0.2) is 24.3 Å². The van der Waals surface area contributed by atoms with E-state index in [2.05, 4.69) is 5.32 Å². The number of piperidine rings is 1. The lowest BCUT2D eigenvalue weighted by Crippen LogP contribution is -2.53. The minimum Gasteiger partial charge on any atom is -0.497 e. The van der Waals surface area contributed by atoms with Gasteiger partial charge in [-0.05, 0) is 57.7 Å². The van der Waals surface area contributed by atoms with Gasteiger partial charge in [0, 0.05) is 26.7 Å². The highest BCUT2D eigenvalue weighted by molar-refractivity contribution is 5.83. The van der Waals surface area contributed by atoms with Gasteiger partial charge in [-0.15, -0.1) is 0 Å². The topological polar surface area (TPSA) is 77.1 Å². The van der Waals surface area contributed by atoms with Gasteiger partial charge in [-0.2, -0.15) is 0 Å². The molecule has 0 unspecified atom stereocenters. The van der Waals surface area contributed by atoms with Crippen molar-refractivity contribution in [3.8, 4) is 5.75 Å². The summed E-state index contributed by atoms with van der Waals surface area (Å²) in [6, 6.07) is 7.82. The van der Waals surface area contributed by atoms with E-state index in [-0.39, 0.29) is 12.0 Å². The van der Waals surface area contributed by atoms with Crippen molar-refractivity contribution in [1.29, 1.82) is 0 Å². The zero-order valence-electron chi connectivity index (χ0n) is 18.2. The summed E-state index contributed by atoms with van der Waals surface area (Å²) in [6.45, 7) is 7.36. The molecule has 162 valence electrons. The average Bonchev–Trinajstić information content (AvgIpc) is 2.67. The number of benzene rings is 1. The first-order chi connectivity index (χ1) is 13.7. The number of carbonyl (C=O) groups excluding carboxylic acids is 2. The molecule has 1 saturated heterocycles. The Morgan fingerprint density at radius 1 is 1.17 bits per heavy atom. The number of likely N-dealkylation sites (tertiary alicyclic amines) is 1. The lowest BCUT2D eigenvalue weighted by atomic mass is 9.78. The van der Waals surface area contributed by atoms with Gasteiger partial charge >= 0.3 is 6.09 Å². The number of amides is 2. The predicted octanol–water partition coefficient (Wildman–Crippen LogP) is 3.02. The molecule has 0 spiro atoms. The van der Waals surface area contributed by atoms with Gasteiger partial charge in [-0.25, -0.2) is 4.79 Å². The molecular weight excluding hydrogens is 372 g/mol. The van der Waals surface area contributed by atoms with Crippen LogP contribution in [-0.2, 0) is 20.7 Å². The normalized spacial score (nSPS) is 16.2. The summed E-state index contributed by atoms with van der Waals surface area (Å²) < 4.78 is 16.0. The van der Waals surface area contributed by atoms with Gasteiger partial charge in [0.15, 0.2) is 0 Å². The van der Waals surface area contributed by atoms with Crippen LogP contribution in [0.25, 0.3) is 0 Å². The maximum Gasteiger partial charge on any atom is 0.410 e. The molecule has 1 N–H and O–H groups in total. The van der Waals surface area contributed by atoms with E-state index in [0.29, 0.717) is 39.1 Å². The third-order valence-electron chi connectivity index (χ3n) is 5.11. The van der Waals surface area contributed by atoms with Gasteiger partial charge in [0.05, 0.1) is 19.1 Å². The number of rotatable bonds is 7. The van der Waals surface area contributed by atoms with Crippen LogP contribution >= 0.6 is 0 Å². The number of ether oxygens (including phenoxy) is 3. The van der Waals surface area contributed by atoms with Crippen molar-refractivity contribution in [2.24, 2.45) is 5.41 Å². The van der Waals surface area contributed by atoms with Crippen LogP contribution in [0.4, 0.5) is 4.79 Å². The van der Waals surface area contributed by atoms with Gasteiger partial charge < -0.3 is 24.4 Å². The van der Waals surface area contributed by atoms with E-state index in [1.807, 2.05) is 45.0 Å². The number of methoxy groups -OCH3 is 2. The summed E-state index contributed by atoms with van der Waals surface area (Å²) in [7, 11) is 3.24. The second-order valence-electron chi connectivity index (χ2n) is 8.54. The standard InChI is InChI=1S/C22H34N2O5/c1-21(2,3)29-20(26)24-13-10-22(11-14-24,16-27-4)19(25)23-12-9-17-7-6-8-18(15-17)28-5/h6-8,15H,9-14,16H2,1-5H3,(H,23,25). The van der Waals surface area contributed by atoms with Gasteiger partial charge in [-0.3, -0.25) is 4.79 Å². The monoisotopic (exact) mass is 406 g/mol. The molecule has 0 aromatic heterocycles. The first-order valence-corrected chi connectivity index (χ1v) is 10.1.